The molecule has 0 atom stereocenters. The van der Waals surface area contributed by atoms with Gasteiger partial charge < -0.3 is 9.88 Å². The van der Waals surface area contributed by atoms with Gasteiger partial charge in [0.2, 0.25) is 0 Å². The minimum Gasteiger partial charge on any atom is -0.383 e. The number of halogens is 6. The van der Waals surface area contributed by atoms with Gasteiger partial charge in [0.05, 0.1) is 31.9 Å². The highest BCUT2D eigenvalue weighted by Crippen LogP contribution is 2.40. The molecular weight excluding hydrogens is 532 g/mol. The van der Waals surface area contributed by atoms with Crippen LogP contribution < -0.4 is 0 Å². The zero-order chi connectivity index (χ0) is 28.3. The number of H-pyrrole nitrogens is 1. The number of hydrogen-bond donors (Lipinski definition) is 1. The highest BCUT2D eigenvalue weighted by Gasteiger charge is 2.41. The van der Waals surface area contributed by atoms with Gasteiger partial charge >= 0.3 is 12.4 Å². The molecule has 3 aromatic rings. The Hall–Kier alpha value is -4.70. The van der Waals surface area contributed by atoms with E-state index in [4.69, 9.17) is 0 Å². The zero-order valence-corrected chi connectivity index (χ0v) is 18.6. The van der Waals surface area contributed by atoms with Crippen LogP contribution in [0.2, 0.25) is 0 Å². The zero-order valence-electron chi connectivity index (χ0n) is 18.6. The fraction of sp³-hybridized carbons (Fsp3) is 0.238. The summed E-state index contributed by atoms with van der Waals surface area (Å²) < 4.78 is 76.0. The summed E-state index contributed by atoms with van der Waals surface area (Å²) in [5.74, 6) is 0. The van der Waals surface area contributed by atoms with Crippen molar-refractivity contribution in [3.8, 4) is 0 Å². The predicted molar refractivity (Wildman–Crippen MR) is 124 cm³/mol. The Bertz CT molecular complexity index is 1380. The van der Waals surface area contributed by atoms with Gasteiger partial charge in [-0.05, 0) is 30.5 Å². The molecule has 0 aliphatic heterocycles. The molecule has 0 aliphatic carbocycles. The number of nitrogens with one attached hydrogen (secondary N) is 1. The van der Waals surface area contributed by atoms with Crippen LogP contribution in [0.15, 0.2) is 42.7 Å². The van der Waals surface area contributed by atoms with E-state index < -0.39 is 55.3 Å². The number of alkyl halides is 6. The smallest absolute Gasteiger partial charge is 0.383 e. The lowest BCUT2D eigenvalue weighted by atomic mass is 10.1. The van der Waals surface area contributed by atoms with Crippen LogP contribution >= 0.6 is 0 Å². The number of nitro benzene ring substituents is 3. The number of aromatic nitrogens is 1. The van der Waals surface area contributed by atoms with Crippen LogP contribution in [0.4, 0.5) is 43.4 Å². The predicted octanol–water partition coefficient (Wildman–Crippen LogP) is 6.79. The van der Waals surface area contributed by atoms with E-state index in [0.29, 0.717) is 17.6 Å². The van der Waals surface area contributed by atoms with Crippen LogP contribution in [-0.4, -0.2) is 38.7 Å². The normalized spacial score (nSPS) is 11.5. The Labute approximate surface area is 209 Å². The number of rotatable bonds is 5. The molecule has 206 valence electrons. The Morgan fingerprint density at radius 3 is 1.71 bits per heavy atom. The van der Waals surface area contributed by atoms with E-state index in [2.05, 4.69) is 4.98 Å². The van der Waals surface area contributed by atoms with Gasteiger partial charge in [0.25, 0.3) is 17.1 Å². The number of fused-ring (bicyclic) bond motifs is 1. The molecule has 0 saturated heterocycles. The van der Waals surface area contributed by atoms with Crippen molar-refractivity contribution in [1.29, 1.82) is 0 Å². The summed E-state index contributed by atoms with van der Waals surface area (Å²) in [6, 6.07) is 3.80. The average molecular weight is 551 g/mol. The summed E-state index contributed by atoms with van der Waals surface area (Å²) in [5, 5.41) is 32.3. The number of nitrogens with zero attached hydrogens (tertiary/aromatic N) is 4. The molecule has 0 spiro atoms. The monoisotopic (exact) mass is 551 g/mol. The minimum atomic E-state index is -4.99. The highest BCUT2D eigenvalue weighted by molar-refractivity contribution is 5.83. The molecule has 0 saturated carbocycles. The molecule has 1 N–H and O–H groups in total. The Morgan fingerprint density at radius 2 is 1.26 bits per heavy atom. The van der Waals surface area contributed by atoms with E-state index >= 15 is 0 Å². The molecule has 0 bridgehead atoms. The van der Waals surface area contributed by atoms with Crippen LogP contribution in [0, 0.1) is 30.3 Å². The summed E-state index contributed by atoms with van der Waals surface area (Å²) in [4.78, 5) is 32.8. The quantitative estimate of drug-likeness (QED) is 0.209. The lowest BCUT2D eigenvalue weighted by Gasteiger charge is -2.09. The molecular formula is C21H19F6N5O6. The van der Waals surface area contributed by atoms with Gasteiger partial charge in [-0.25, -0.2) is 0 Å². The second-order valence-electron chi connectivity index (χ2n) is 7.41. The molecule has 0 aliphatic rings. The molecule has 1 heterocycles. The molecule has 38 heavy (non-hydrogen) atoms. The van der Waals surface area contributed by atoms with Gasteiger partial charge in [-0.1, -0.05) is 7.43 Å². The molecule has 0 unspecified atom stereocenters. The van der Waals surface area contributed by atoms with E-state index in [1.165, 1.54) is 23.4 Å². The van der Waals surface area contributed by atoms with Crippen molar-refractivity contribution >= 4 is 34.0 Å². The number of aromatic amines is 1. The molecule has 0 fully saturated rings. The van der Waals surface area contributed by atoms with Crippen molar-refractivity contribution in [2.75, 3.05) is 14.1 Å². The number of nitro groups is 3. The first-order valence-electron chi connectivity index (χ1n) is 9.64. The minimum absolute atomic E-state index is 0. The van der Waals surface area contributed by atoms with Crippen LogP contribution in [0.5, 0.6) is 0 Å². The van der Waals surface area contributed by atoms with E-state index in [0.717, 1.165) is 18.2 Å². The molecule has 11 nitrogen and oxygen atoms in total. The second kappa shape index (κ2) is 11.6. The topological polar surface area (TPSA) is 148 Å². The maximum absolute atomic E-state index is 12.8. The summed E-state index contributed by atoms with van der Waals surface area (Å²) in [6.45, 7) is 0. The van der Waals surface area contributed by atoms with E-state index in [1.54, 1.807) is 14.1 Å². The summed E-state index contributed by atoms with van der Waals surface area (Å²) >= 11 is 0. The van der Waals surface area contributed by atoms with Gasteiger partial charge in [0, 0.05) is 31.7 Å². The Kier molecular flexibility index (Phi) is 9.54. The average Bonchev–Trinajstić information content (AvgIpc) is 3.23. The number of benzene rings is 2. The molecule has 3 rings (SSSR count). The first kappa shape index (κ1) is 31.3. The third-order valence-corrected chi connectivity index (χ3v) is 4.57. The van der Waals surface area contributed by atoms with Crippen LogP contribution in [0.1, 0.15) is 24.1 Å². The van der Waals surface area contributed by atoms with Crippen molar-refractivity contribution in [3.05, 3.63) is 89.8 Å². The van der Waals surface area contributed by atoms with E-state index in [-0.39, 0.29) is 18.4 Å². The van der Waals surface area contributed by atoms with Gasteiger partial charge in [-0.3, -0.25) is 30.3 Å². The van der Waals surface area contributed by atoms with Gasteiger partial charge in [0.1, 0.15) is 11.1 Å². The summed E-state index contributed by atoms with van der Waals surface area (Å²) in [6.07, 6.45) is -5.91. The SMILES string of the molecule is C.CN(C)/C=C/c1cc(C(F)(F)F)c([N+](=O)[O-])cc1[N+](=O)[O-].O=[N+]([O-])c1cc2[nH]ccc2cc1C(F)(F)F. The van der Waals surface area contributed by atoms with Gasteiger partial charge in [0.15, 0.2) is 0 Å². The maximum Gasteiger partial charge on any atom is 0.423 e. The standard InChI is InChI=1S/C11H10F3N3O4.C9H5F3N2O2.CH4/c1-15(2)4-3-7-5-8(11(12,13)14)10(17(20)21)6-9(7)16(18)19;10-9(11,12)6-3-5-1-2-13-7(5)4-8(6)14(15)16;/h3-6H,1-2H3;1-4,13H;1H4/b4-3+;;. The van der Waals surface area contributed by atoms with Crippen molar-refractivity contribution < 1.29 is 41.1 Å². The number of hydrogen-bond acceptors (Lipinski definition) is 7. The van der Waals surface area contributed by atoms with E-state index in [9.17, 15) is 56.7 Å². The van der Waals surface area contributed by atoms with Gasteiger partial charge in [-0.2, -0.15) is 26.3 Å². The van der Waals surface area contributed by atoms with E-state index in [1.807, 2.05) is 0 Å². The maximum atomic E-state index is 12.8. The fourth-order valence-corrected chi connectivity index (χ4v) is 2.96. The molecule has 0 radical (unpaired) electrons. The van der Waals surface area contributed by atoms with Crippen LogP contribution in [0.25, 0.3) is 17.0 Å². The van der Waals surface area contributed by atoms with Crippen molar-refractivity contribution in [1.82, 2.24) is 9.88 Å². The van der Waals surface area contributed by atoms with Crippen LogP contribution in [-0.2, 0) is 12.4 Å². The van der Waals surface area contributed by atoms with Crippen molar-refractivity contribution in [2.45, 2.75) is 19.8 Å². The summed E-state index contributed by atoms with van der Waals surface area (Å²) in [7, 11) is 3.14. The second-order valence-corrected chi connectivity index (χ2v) is 7.41. The Morgan fingerprint density at radius 1 is 0.789 bits per heavy atom. The largest absolute Gasteiger partial charge is 0.423 e. The molecule has 17 heteroatoms. The first-order chi connectivity index (χ1) is 16.9. The third kappa shape index (κ3) is 7.40. The lowest BCUT2D eigenvalue weighted by Crippen LogP contribution is -2.10. The Balaban J connectivity index is 0.000000382. The first-order valence-corrected chi connectivity index (χ1v) is 9.64. The van der Waals surface area contributed by atoms with Crippen LogP contribution in [0.3, 0.4) is 0 Å². The summed E-state index contributed by atoms with van der Waals surface area (Å²) in [5.41, 5.74) is -5.89. The molecule has 1 aromatic heterocycles. The van der Waals surface area contributed by atoms with Crippen molar-refractivity contribution in [2.24, 2.45) is 0 Å². The molecule has 0 amide bonds. The highest BCUT2D eigenvalue weighted by atomic mass is 19.4. The molecule has 2 aromatic carbocycles. The van der Waals surface area contributed by atoms with Crippen molar-refractivity contribution in [3.63, 3.8) is 0 Å². The fourth-order valence-electron chi connectivity index (χ4n) is 2.96. The lowest BCUT2D eigenvalue weighted by molar-refractivity contribution is -0.396. The van der Waals surface area contributed by atoms with Gasteiger partial charge in [-0.15, -0.1) is 0 Å². The third-order valence-electron chi connectivity index (χ3n) is 4.57.